The molecule has 0 saturated heterocycles. The van der Waals surface area contributed by atoms with Crippen molar-refractivity contribution in [2.45, 2.75) is 12.8 Å². The van der Waals surface area contributed by atoms with Crippen molar-refractivity contribution in [3.8, 4) is 0 Å². The summed E-state index contributed by atoms with van der Waals surface area (Å²) in [5.74, 6) is 0.794. The monoisotopic (exact) mass is 213 g/mol. The van der Waals surface area contributed by atoms with Gasteiger partial charge in [-0.05, 0) is 28.1 Å². The van der Waals surface area contributed by atoms with Crippen LogP contribution in [0.15, 0.2) is 36.7 Å². The van der Waals surface area contributed by atoms with Crippen molar-refractivity contribution in [3.63, 3.8) is 0 Å². The molecule has 0 spiro atoms. The lowest BCUT2D eigenvalue weighted by molar-refractivity contribution is 0.334. The van der Waals surface area contributed by atoms with Crippen LogP contribution in [0.1, 0.15) is 12.3 Å². The second-order valence-electron chi connectivity index (χ2n) is 2.95. The molecule has 14 heavy (non-hydrogen) atoms. The number of hydrogen-bond acceptors (Lipinski definition) is 4. The minimum atomic E-state index is -0.716. The maximum absolute atomic E-state index is 10.5. The van der Waals surface area contributed by atoms with Gasteiger partial charge in [-0.15, -0.1) is 0 Å². The quantitative estimate of drug-likeness (QED) is 0.772. The van der Waals surface area contributed by atoms with Crippen molar-refractivity contribution >= 4 is 10.9 Å². The Morgan fingerprint density at radius 3 is 2.79 bits per heavy atom. The zero-order chi connectivity index (χ0) is 9.80. The fourth-order valence-electron chi connectivity index (χ4n) is 1.25. The van der Waals surface area contributed by atoms with Crippen LogP contribution in [0.5, 0.6) is 0 Å². The highest BCUT2D eigenvalue weighted by Crippen LogP contribution is 2.33. The summed E-state index contributed by atoms with van der Waals surface area (Å²) >= 11 is 0. The van der Waals surface area contributed by atoms with Gasteiger partial charge in [-0.2, -0.15) is 0 Å². The minimum absolute atomic E-state index is 0.0739. The van der Waals surface area contributed by atoms with Gasteiger partial charge in [0.1, 0.15) is 0 Å². The number of rotatable bonds is 4. The number of aryl methyl sites for hydroxylation is 1. The number of nitrogens with zero attached hydrogens (tertiary/aromatic N) is 1. The van der Waals surface area contributed by atoms with E-state index in [-0.39, 0.29) is 10.9 Å². The van der Waals surface area contributed by atoms with Crippen LogP contribution in [0.2, 0.25) is 0 Å². The summed E-state index contributed by atoms with van der Waals surface area (Å²) in [5, 5.41) is 7.93. The molecule has 0 amide bonds. The van der Waals surface area contributed by atoms with Gasteiger partial charge in [0.15, 0.2) is 0 Å². The van der Waals surface area contributed by atoms with E-state index in [1.54, 1.807) is 0 Å². The van der Waals surface area contributed by atoms with Gasteiger partial charge in [0.05, 0.1) is 0 Å². The number of thiol groups is 1. The lowest BCUT2D eigenvalue weighted by Gasteiger charge is -2.06. The van der Waals surface area contributed by atoms with Crippen LogP contribution in [-0.4, -0.2) is 10.9 Å². The Kier molecular flexibility index (Phi) is 2.88. The van der Waals surface area contributed by atoms with Crippen LogP contribution in [0.25, 0.3) is 0 Å². The van der Waals surface area contributed by atoms with E-state index in [9.17, 15) is 4.79 Å². The third-order valence-electron chi connectivity index (χ3n) is 1.90. The largest absolute Gasteiger partial charge is 0.542 e. The Labute approximate surface area is 83.6 Å². The standard InChI is InChI=1S/C9H11NO3S/c11-9-12-8(10-13-9)4-3-7-14-5-1-2-6-14/h1-2,5-6,14H,3-4,7H2. The SMILES string of the molecule is O=c1onc(CCC[SH]2C=CC=C2)o1. The molecule has 0 atom stereocenters. The fraction of sp³-hybridized carbons (Fsp3) is 0.333. The molecule has 5 heteroatoms. The van der Waals surface area contributed by atoms with Crippen LogP contribution < -0.4 is 5.82 Å². The molecule has 0 unspecified atom stereocenters. The predicted octanol–water partition coefficient (Wildman–Crippen LogP) is 1.60. The molecule has 2 heterocycles. The third-order valence-corrected chi connectivity index (χ3v) is 3.84. The smallest absolute Gasteiger partial charge is 0.375 e. The highest BCUT2D eigenvalue weighted by Gasteiger charge is 2.04. The number of allylic oxidation sites excluding steroid dienone is 2. The molecule has 0 aliphatic carbocycles. The second kappa shape index (κ2) is 4.32. The Bertz CT molecular complexity index is 392. The molecule has 0 aromatic carbocycles. The van der Waals surface area contributed by atoms with E-state index in [1.165, 1.54) is 0 Å². The van der Waals surface area contributed by atoms with Crippen LogP contribution in [0, 0.1) is 0 Å². The molecule has 2 rings (SSSR count). The van der Waals surface area contributed by atoms with E-state index in [1.807, 2.05) is 0 Å². The van der Waals surface area contributed by atoms with Crippen LogP contribution in [-0.2, 0) is 6.42 Å². The van der Waals surface area contributed by atoms with Gasteiger partial charge in [-0.1, -0.05) is 12.2 Å². The van der Waals surface area contributed by atoms with E-state index in [2.05, 4.69) is 37.1 Å². The molecule has 0 bridgehead atoms. The first kappa shape index (κ1) is 9.33. The molecular weight excluding hydrogens is 202 g/mol. The third kappa shape index (κ3) is 2.38. The van der Waals surface area contributed by atoms with Gasteiger partial charge in [0.25, 0.3) is 0 Å². The molecule has 4 nitrogen and oxygen atoms in total. The molecule has 1 aromatic rings. The summed E-state index contributed by atoms with van der Waals surface area (Å²) in [4.78, 5) is 10.5. The predicted molar refractivity (Wildman–Crippen MR) is 55.5 cm³/mol. The summed E-state index contributed by atoms with van der Waals surface area (Å²) in [6.07, 6.45) is 5.78. The van der Waals surface area contributed by atoms with Crippen molar-refractivity contribution in [1.29, 1.82) is 0 Å². The number of aromatic nitrogens is 1. The normalized spacial score (nSPS) is 16.7. The molecule has 0 radical (unpaired) electrons. The Balaban J connectivity index is 1.75. The Morgan fingerprint density at radius 2 is 2.14 bits per heavy atom. The summed E-state index contributed by atoms with van der Waals surface area (Å²) < 4.78 is 8.98. The lowest BCUT2D eigenvalue weighted by atomic mass is 10.3. The average molecular weight is 213 g/mol. The first-order chi connectivity index (χ1) is 6.84. The zero-order valence-electron chi connectivity index (χ0n) is 7.55. The van der Waals surface area contributed by atoms with E-state index in [4.69, 9.17) is 0 Å². The van der Waals surface area contributed by atoms with E-state index in [0.717, 1.165) is 12.2 Å². The second-order valence-corrected chi connectivity index (χ2v) is 5.02. The topological polar surface area (TPSA) is 56.2 Å². The van der Waals surface area contributed by atoms with Gasteiger partial charge in [-0.25, -0.2) is 15.7 Å². The zero-order valence-corrected chi connectivity index (χ0v) is 8.44. The average Bonchev–Trinajstić information content (AvgIpc) is 2.77. The lowest BCUT2D eigenvalue weighted by Crippen LogP contribution is -1.90. The van der Waals surface area contributed by atoms with Gasteiger partial charge in [-0.3, -0.25) is 4.52 Å². The summed E-state index contributed by atoms with van der Waals surface area (Å²) in [6, 6.07) is 0. The Morgan fingerprint density at radius 1 is 1.36 bits per heavy atom. The van der Waals surface area contributed by atoms with Crippen LogP contribution in [0.4, 0.5) is 0 Å². The van der Waals surface area contributed by atoms with E-state index < -0.39 is 5.82 Å². The molecule has 1 aromatic heterocycles. The van der Waals surface area contributed by atoms with Crippen LogP contribution >= 0.6 is 10.9 Å². The fourth-order valence-corrected chi connectivity index (χ4v) is 2.81. The maximum atomic E-state index is 10.5. The molecule has 1 aliphatic rings. The van der Waals surface area contributed by atoms with Gasteiger partial charge < -0.3 is 4.42 Å². The van der Waals surface area contributed by atoms with Gasteiger partial charge in [0, 0.05) is 6.42 Å². The van der Waals surface area contributed by atoms with E-state index >= 15 is 0 Å². The molecule has 0 fully saturated rings. The molecule has 0 N–H and O–H groups in total. The van der Waals surface area contributed by atoms with Crippen molar-refractivity contribution in [3.05, 3.63) is 39.5 Å². The van der Waals surface area contributed by atoms with E-state index in [0.29, 0.717) is 12.3 Å². The van der Waals surface area contributed by atoms with Crippen molar-refractivity contribution in [2.75, 3.05) is 5.75 Å². The van der Waals surface area contributed by atoms with Gasteiger partial charge in [0.2, 0.25) is 5.89 Å². The first-order valence-corrected chi connectivity index (χ1v) is 6.07. The first-order valence-electron chi connectivity index (χ1n) is 4.41. The van der Waals surface area contributed by atoms with Gasteiger partial charge >= 0.3 is 5.82 Å². The highest BCUT2D eigenvalue weighted by molar-refractivity contribution is 8.22. The Hall–Kier alpha value is -1.23. The molecule has 76 valence electrons. The molecule has 0 saturated carbocycles. The molecule has 1 aliphatic heterocycles. The molecular formula is C9H11NO3S. The highest BCUT2D eigenvalue weighted by atomic mass is 32.2. The summed E-state index contributed by atoms with van der Waals surface area (Å²) in [6.45, 7) is 0. The minimum Gasteiger partial charge on any atom is -0.375 e. The van der Waals surface area contributed by atoms with Crippen LogP contribution in [0.3, 0.4) is 0 Å². The van der Waals surface area contributed by atoms with Crippen molar-refractivity contribution < 1.29 is 8.94 Å². The summed E-state index contributed by atoms with van der Waals surface area (Å²) in [5.41, 5.74) is 0. The van der Waals surface area contributed by atoms with Crippen molar-refractivity contribution in [2.24, 2.45) is 0 Å². The maximum Gasteiger partial charge on any atom is 0.542 e. The van der Waals surface area contributed by atoms with Crippen molar-refractivity contribution in [1.82, 2.24) is 5.16 Å². The number of hydrogen-bond donors (Lipinski definition) is 1. The summed E-state index contributed by atoms with van der Waals surface area (Å²) in [7, 11) is -0.0739.